The summed E-state index contributed by atoms with van der Waals surface area (Å²) < 4.78 is 4.60. The number of carbonyl (C=O) groups excluding carboxylic acids is 2. The summed E-state index contributed by atoms with van der Waals surface area (Å²) in [7, 11) is 1.30. The van der Waals surface area contributed by atoms with E-state index in [0.29, 0.717) is 12.1 Å². The van der Waals surface area contributed by atoms with Gasteiger partial charge in [0, 0.05) is 31.5 Å². The normalized spacial score (nSPS) is 10.2. The number of methoxy groups -OCH3 is 1. The number of amides is 1. The minimum atomic E-state index is -0.472. The first kappa shape index (κ1) is 18.4. The summed E-state index contributed by atoms with van der Waals surface area (Å²) in [5.74, 6) is -0.723. The van der Waals surface area contributed by atoms with Gasteiger partial charge in [-0.25, -0.2) is 4.79 Å². The van der Waals surface area contributed by atoms with Gasteiger partial charge in [-0.05, 0) is 37.6 Å². The van der Waals surface area contributed by atoms with Crippen LogP contribution in [0.4, 0.5) is 5.69 Å². The zero-order valence-electron chi connectivity index (χ0n) is 14.6. The first-order chi connectivity index (χ1) is 12.2. The molecule has 1 N–H and O–H groups in total. The molecule has 0 saturated heterocycles. The van der Waals surface area contributed by atoms with Gasteiger partial charge in [0.1, 0.15) is 5.69 Å². The summed E-state index contributed by atoms with van der Waals surface area (Å²) >= 11 is 0. The number of ether oxygens (including phenoxy) is 1. The van der Waals surface area contributed by atoms with Crippen LogP contribution in [-0.4, -0.2) is 43.6 Å². The molecule has 0 fully saturated rings. The van der Waals surface area contributed by atoms with Gasteiger partial charge in [0.2, 0.25) is 0 Å². The standard InChI is InChI=1S/C19H23N3O3/c1-3-22(16-8-5-4-6-9-16)13-7-12-20-18(23)17-11-10-15(14-21-17)19(24)25-2/h4-6,8-11,14H,3,7,12-13H2,1-2H3,(H,20,23). The molecule has 25 heavy (non-hydrogen) atoms. The number of carbonyl (C=O) groups is 2. The predicted octanol–water partition coefficient (Wildman–Crippen LogP) is 2.51. The van der Waals surface area contributed by atoms with Crippen molar-refractivity contribution in [1.29, 1.82) is 0 Å². The summed E-state index contributed by atoms with van der Waals surface area (Å²) in [5.41, 5.74) is 1.78. The number of nitrogens with zero attached hydrogens (tertiary/aromatic N) is 2. The number of nitrogens with one attached hydrogen (secondary N) is 1. The number of esters is 1. The fraction of sp³-hybridized carbons (Fsp3) is 0.316. The zero-order chi connectivity index (χ0) is 18.1. The lowest BCUT2D eigenvalue weighted by molar-refractivity contribution is 0.0599. The van der Waals surface area contributed by atoms with Crippen LogP contribution in [0.25, 0.3) is 0 Å². The van der Waals surface area contributed by atoms with Gasteiger partial charge in [-0.15, -0.1) is 0 Å². The second kappa shape index (κ2) is 9.42. The van der Waals surface area contributed by atoms with Gasteiger partial charge in [0.05, 0.1) is 12.7 Å². The Morgan fingerprint density at radius 3 is 2.52 bits per heavy atom. The Bertz CT molecular complexity index is 687. The topological polar surface area (TPSA) is 71.5 Å². The number of benzene rings is 1. The van der Waals surface area contributed by atoms with Gasteiger partial charge >= 0.3 is 5.97 Å². The Hall–Kier alpha value is -2.89. The number of pyridine rings is 1. The third kappa shape index (κ3) is 5.31. The molecule has 0 unspecified atom stereocenters. The molecule has 0 aliphatic heterocycles. The van der Waals surface area contributed by atoms with Gasteiger partial charge in [-0.1, -0.05) is 18.2 Å². The Morgan fingerprint density at radius 1 is 1.16 bits per heavy atom. The minimum Gasteiger partial charge on any atom is -0.465 e. The summed E-state index contributed by atoms with van der Waals surface area (Å²) in [6.45, 7) is 4.44. The molecule has 6 heteroatoms. The van der Waals surface area contributed by atoms with Crippen LogP contribution in [0.15, 0.2) is 48.7 Å². The number of para-hydroxylation sites is 1. The number of hydrogen-bond acceptors (Lipinski definition) is 5. The van der Waals surface area contributed by atoms with Crippen LogP contribution in [0.1, 0.15) is 34.2 Å². The summed E-state index contributed by atoms with van der Waals surface area (Å²) in [6.07, 6.45) is 2.17. The van der Waals surface area contributed by atoms with E-state index in [0.717, 1.165) is 19.5 Å². The van der Waals surface area contributed by atoms with Crippen molar-refractivity contribution in [2.75, 3.05) is 31.6 Å². The molecule has 2 rings (SSSR count). The van der Waals surface area contributed by atoms with Crippen molar-refractivity contribution in [2.45, 2.75) is 13.3 Å². The number of anilines is 1. The second-order valence-electron chi connectivity index (χ2n) is 5.45. The highest BCUT2D eigenvalue weighted by Crippen LogP contribution is 2.12. The van der Waals surface area contributed by atoms with Gasteiger partial charge in [-0.2, -0.15) is 0 Å². The Kier molecular flexibility index (Phi) is 6.95. The van der Waals surface area contributed by atoms with E-state index < -0.39 is 5.97 Å². The first-order valence-corrected chi connectivity index (χ1v) is 8.28. The maximum atomic E-state index is 12.1. The fourth-order valence-electron chi connectivity index (χ4n) is 2.44. The van der Waals surface area contributed by atoms with Crippen molar-refractivity contribution in [1.82, 2.24) is 10.3 Å². The molecule has 1 amide bonds. The van der Waals surface area contributed by atoms with Crippen molar-refractivity contribution >= 4 is 17.6 Å². The fourth-order valence-corrected chi connectivity index (χ4v) is 2.44. The van der Waals surface area contributed by atoms with Crippen LogP contribution in [0.2, 0.25) is 0 Å². The minimum absolute atomic E-state index is 0.251. The summed E-state index contributed by atoms with van der Waals surface area (Å²) in [4.78, 5) is 29.7. The average molecular weight is 341 g/mol. The van der Waals surface area contributed by atoms with Crippen molar-refractivity contribution in [3.8, 4) is 0 Å². The van der Waals surface area contributed by atoms with E-state index >= 15 is 0 Å². The van der Waals surface area contributed by atoms with E-state index in [9.17, 15) is 9.59 Å². The van der Waals surface area contributed by atoms with E-state index in [1.54, 1.807) is 0 Å². The van der Waals surface area contributed by atoms with E-state index in [2.05, 4.69) is 39.0 Å². The van der Waals surface area contributed by atoms with Crippen molar-refractivity contribution in [3.63, 3.8) is 0 Å². The zero-order valence-corrected chi connectivity index (χ0v) is 14.6. The maximum Gasteiger partial charge on any atom is 0.339 e. The molecule has 0 radical (unpaired) electrons. The van der Waals surface area contributed by atoms with E-state index in [4.69, 9.17) is 0 Å². The SMILES string of the molecule is CCN(CCCNC(=O)c1ccc(C(=O)OC)cn1)c1ccccc1. The molecule has 1 aromatic heterocycles. The molecule has 2 aromatic rings. The van der Waals surface area contributed by atoms with Crippen LogP contribution in [0.3, 0.4) is 0 Å². The number of aromatic nitrogens is 1. The van der Waals surface area contributed by atoms with Gasteiger partial charge in [0.25, 0.3) is 5.91 Å². The highest BCUT2D eigenvalue weighted by atomic mass is 16.5. The molecule has 0 spiro atoms. The van der Waals surface area contributed by atoms with Crippen molar-refractivity contribution in [3.05, 3.63) is 59.9 Å². The molecule has 1 heterocycles. The quantitative estimate of drug-likeness (QED) is 0.590. The molecule has 1 aromatic carbocycles. The molecule has 0 atom stereocenters. The molecular weight excluding hydrogens is 318 g/mol. The molecule has 0 bridgehead atoms. The molecule has 6 nitrogen and oxygen atoms in total. The maximum absolute atomic E-state index is 12.1. The lowest BCUT2D eigenvalue weighted by Crippen LogP contribution is -2.30. The van der Waals surface area contributed by atoms with E-state index in [1.807, 2.05) is 18.2 Å². The van der Waals surface area contributed by atoms with Crippen LogP contribution in [0, 0.1) is 0 Å². The van der Waals surface area contributed by atoms with Crippen LogP contribution >= 0.6 is 0 Å². The average Bonchev–Trinajstić information content (AvgIpc) is 2.68. The van der Waals surface area contributed by atoms with Gasteiger partial charge in [-0.3, -0.25) is 9.78 Å². The first-order valence-electron chi connectivity index (χ1n) is 8.28. The lowest BCUT2D eigenvalue weighted by Gasteiger charge is -2.23. The van der Waals surface area contributed by atoms with Crippen LogP contribution < -0.4 is 10.2 Å². The van der Waals surface area contributed by atoms with E-state index in [1.165, 1.54) is 31.1 Å². The molecule has 0 aliphatic carbocycles. The van der Waals surface area contributed by atoms with Crippen LogP contribution in [0.5, 0.6) is 0 Å². The smallest absolute Gasteiger partial charge is 0.339 e. The third-order valence-corrected chi connectivity index (χ3v) is 3.81. The Labute approximate surface area is 147 Å². The van der Waals surface area contributed by atoms with Crippen molar-refractivity contribution in [2.24, 2.45) is 0 Å². The van der Waals surface area contributed by atoms with Gasteiger partial charge in [0.15, 0.2) is 0 Å². The van der Waals surface area contributed by atoms with Crippen molar-refractivity contribution < 1.29 is 14.3 Å². The van der Waals surface area contributed by atoms with Crippen LogP contribution in [-0.2, 0) is 4.74 Å². The highest BCUT2D eigenvalue weighted by Gasteiger charge is 2.10. The molecule has 132 valence electrons. The highest BCUT2D eigenvalue weighted by molar-refractivity contribution is 5.94. The number of hydrogen-bond donors (Lipinski definition) is 1. The molecule has 0 aliphatic rings. The molecule has 0 saturated carbocycles. The Balaban J connectivity index is 1.79. The predicted molar refractivity (Wildman–Crippen MR) is 96.9 cm³/mol. The molecular formula is C19H23N3O3. The van der Waals surface area contributed by atoms with E-state index in [-0.39, 0.29) is 11.6 Å². The largest absolute Gasteiger partial charge is 0.465 e. The monoisotopic (exact) mass is 341 g/mol. The Morgan fingerprint density at radius 2 is 1.92 bits per heavy atom. The number of rotatable bonds is 8. The van der Waals surface area contributed by atoms with Gasteiger partial charge < -0.3 is 15.0 Å². The second-order valence-corrected chi connectivity index (χ2v) is 5.45. The summed E-state index contributed by atoms with van der Waals surface area (Å²) in [6, 6.07) is 13.2. The lowest BCUT2D eigenvalue weighted by atomic mass is 10.2. The third-order valence-electron chi connectivity index (χ3n) is 3.81. The summed E-state index contributed by atoms with van der Waals surface area (Å²) in [5, 5.41) is 2.85.